The molecule has 0 saturated heterocycles. The number of thiophene rings is 1. The molecule has 3 heterocycles. The van der Waals surface area contributed by atoms with Crippen molar-refractivity contribution in [3.05, 3.63) is 58.3 Å². The Labute approximate surface area is 174 Å². The van der Waals surface area contributed by atoms with Gasteiger partial charge in [0, 0.05) is 28.9 Å². The summed E-state index contributed by atoms with van der Waals surface area (Å²) in [6, 6.07) is 6.95. The lowest BCUT2D eigenvalue weighted by Crippen LogP contribution is -1.95. The Balaban J connectivity index is 2.03. The van der Waals surface area contributed by atoms with Crippen LogP contribution >= 0.6 is 34.5 Å². The number of benzene rings is 1. The molecule has 0 aliphatic heterocycles. The van der Waals surface area contributed by atoms with Crippen molar-refractivity contribution < 1.29 is 0 Å². The van der Waals surface area contributed by atoms with Crippen molar-refractivity contribution >= 4 is 46.2 Å². The lowest BCUT2D eigenvalue weighted by atomic mass is 10.0. The average Bonchev–Trinajstić information content (AvgIpc) is 3.35. The van der Waals surface area contributed by atoms with Crippen molar-refractivity contribution in [1.29, 1.82) is 0 Å². The molecule has 4 aromatic rings. The normalized spacial score (nSPS) is 10.6. The summed E-state index contributed by atoms with van der Waals surface area (Å²) in [7, 11) is 1.74. The summed E-state index contributed by atoms with van der Waals surface area (Å²) >= 11 is 13.9. The summed E-state index contributed by atoms with van der Waals surface area (Å²) in [5.41, 5.74) is 2.42. The number of aromatic nitrogens is 5. The maximum Gasteiger partial charge on any atom is 0.222 e. The first kappa shape index (κ1) is 18.4. The number of aromatic amines is 1. The van der Waals surface area contributed by atoms with E-state index in [0.29, 0.717) is 49.2 Å². The summed E-state index contributed by atoms with van der Waals surface area (Å²) in [6.07, 6.45) is 3.13. The molecule has 0 atom stereocenters. The zero-order valence-electron chi connectivity index (χ0n) is 14.4. The van der Waals surface area contributed by atoms with Gasteiger partial charge < -0.3 is 10.3 Å². The fraction of sp³-hybridized carbons (Fsp3) is 0.0556. The Morgan fingerprint density at radius 2 is 2.07 bits per heavy atom. The minimum absolute atomic E-state index is 0.432. The second-order valence-electron chi connectivity index (χ2n) is 5.57. The van der Waals surface area contributed by atoms with E-state index in [-0.39, 0.29) is 0 Å². The molecular formula is C18H11Cl2N7S. The minimum atomic E-state index is 0.432. The van der Waals surface area contributed by atoms with E-state index in [0.717, 1.165) is 4.88 Å². The number of nitrogens with one attached hydrogen (secondary N) is 2. The predicted octanol–water partition coefficient (Wildman–Crippen LogP) is 5.56. The molecule has 0 aliphatic carbocycles. The van der Waals surface area contributed by atoms with Crippen molar-refractivity contribution in [2.24, 2.45) is 0 Å². The molecule has 0 amide bonds. The molecule has 0 bridgehead atoms. The number of anilines is 1. The predicted molar refractivity (Wildman–Crippen MR) is 112 cm³/mol. The fourth-order valence-corrected chi connectivity index (χ4v) is 4.41. The standard InChI is InChI=1S/C18H11Cl2N7S/c1-21-14-13(10-4-3-9(19)7-11(10)20)16(17-24-8-25-27-17)28-15(14)12-5-6-23-18(22-2)26-12/h3-8H,2H3,(H,22,23,26)(H,24,25,27). The van der Waals surface area contributed by atoms with E-state index in [4.69, 9.17) is 29.8 Å². The van der Waals surface area contributed by atoms with Crippen LogP contribution in [0.15, 0.2) is 36.8 Å². The van der Waals surface area contributed by atoms with Crippen molar-refractivity contribution in [1.82, 2.24) is 25.1 Å². The number of halogens is 2. The maximum atomic E-state index is 7.83. The van der Waals surface area contributed by atoms with E-state index in [1.54, 1.807) is 37.5 Å². The summed E-state index contributed by atoms with van der Waals surface area (Å²) in [6.45, 7) is 7.83. The Hall–Kier alpha value is -2.99. The first-order valence-corrected chi connectivity index (χ1v) is 9.57. The van der Waals surface area contributed by atoms with E-state index < -0.39 is 0 Å². The van der Waals surface area contributed by atoms with Gasteiger partial charge in [-0.2, -0.15) is 0 Å². The molecule has 2 N–H and O–H groups in total. The lowest BCUT2D eigenvalue weighted by Gasteiger charge is -2.07. The molecule has 0 aliphatic rings. The maximum absolute atomic E-state index is 7.83. The van der Waals surface area contributed by atoms with Gasteiger partial charge in [0.15, 0.2) is 5.82 Å². The zero-order valence-corrected chi connectivity index (χ0v) is 16.7. The second-order valence-corrected chi connectivity index (χ2v) is 7.44. The number of nitrogens with zero attached hydrogens (tertiary/aromatic N) is 5. The van der Waals surface area contributed by atoms with Gasteiger partial charge in [-0.3, -0.25) is 0 Å². The van der Waals surface area contributed by atoms with Gasteiger partial charge in [-0.25, -0.2) is 14.8 Å². The highest BCUT2D eigenvalue weighted by atomic mass is 35.5. The smallest absolute Gasteiger partial charge is 0.222 e. The number of rotatable bonds is 4. The molecule has 4 rings (SSSR count). The van der Waals surface area contributed by atoms with Crippen LogP contribution in [0.3, 0.4) is 0 Å². The Morgan fingerprint density at radius 1 is 1.21 bits per heavy atom. The minimum Gasteiger partial charge on any atom is -0.357 e. The van der Waals surface area contributed by atoms with E-state index in [1.807, 2.05) is 0 Å². The van der Waals surface area contributed by atoms with Crippen LogP contribution in [-0.4, -0.2) is 32.2 Å². The molecule has 0 unspecified atom stereocenters. The molecule has 28 heavy (non-hydrogen) atoms. The topological polar surface area (TPSA) is 83.7 Å². The molecular weight excluding hydrogens is 417 g/mol. The second kappa shape index (κ2) is 7.56. The van der Waals surface area contributed by atoms with E-state index in [1.165, 1.54) is 17.7 Å². The van der Waals surface area contributed by atoms with Crippen molar-refractivity contribution in [3.8, 4) is 32.4 Å². The van der Waals surface area contributed by atoms with Gasteiger partial charge in [-0.15, -0.1) is 21.5 Å². The zero-order chi connectivity index (χ0) is 19.7. The fourth-order valence-electron chi connectivity index (χ4n) is 2.73. The van der Waals surface area contributed by atoms with Gasteiger partial charge in [0.25, 0.3) is 0 Å². The molecule has 10 heteroatoms. The molecule has 1 aromatic carbocycles. The summed E-state index contributed by atoms with van der Waals surface area (Å²) in [5.74, 6) is 1.01. The van der Waals surface area contributed by atoms with Crippen LogP contribution in [0.25, 0.3) is 37.2 Å². The van der Waals surface area contributed by atoms with Crippen LogP contribution in [0.1, 0.15) is 0 Å². The van der Waals surface area contributed by atoms with Crippen LogP contribution in [0.4, 0.5) is 11.6 Å². The van der Waals surface area contributed by atoms with Gasteiger partial charge in [-0.05, 0) is 23.8 Å². The molecule has 0 spiro atoms. The Bertz CT molecular complexity index is 1200. The van der Waals surface area contributed by atoms with Crippen molar-refractivity contribution in [2.75, 3.05) is 12.4 Å². The van der Waals surface area contributed by atoms with Gasteiger partial charge in [0.2, 0.25) is 11.6 Å². The molecule has 3 aromatic heterocycles. The molecule has 0 radical (unpaired) electrons. The summed E-state index contributed by atoms with van der Waals surface area (Å²) in [4.78, 5) is 16.9. The van der Waals surface area contributed by atoms with Crippen LogP contribution < -0.4 is 5.32 Å². The Kier molecular flexibility index (Phi) is 4.96. The van der Waals surface area contributed by atoms with Gasteiger partial charge >= 0.3 is 0 Å². The van der Waals surface area contributed by atoms with E-state index in [2.05, 4.69) is 35.3 Å². The SMILES string of the molecule is [C-]#[N+]c1c(-c2ccnc(NC)n2)sc(-c2nnc[nH]2)c1-c1ccc(Cl)cc1Cl. The summed E-state index contributed by atoms with van der Waals surface area (Å²) < 4.78 is 0. The third-order valence-electron chi connectivity index (χ3n) is 3.94. The molecule has 7 nitrogen and oxygen atoms in total. The van der Waals surface area contributed by atoms with Gasteiger partial charge in [0.05, 0.1) is 22.0 Å². The molecule has 138 valence electrons. The highest BCUT2D eigenvalue weighted by Gasteiger charge is 2.25. The van der Waals surface area contributed by atoms with Gasteiger partial charge in [0.1, 0.15) is 6.33 Å². The Morgan fingerprint density at radius 3 is 2.75 bits per heavy atom. The van der Waals surface area contributed by atoms with Crippen LogP contribution in [0, 0.1) is 6.57 Å². The first-order chi connectivity index (χ1) is 13.6. The largest absolute Gasteiger partial charge is 0.357 e. The highest BCUT2D eigenvalue weighted by Crippen LogP contribution is 2.52. The number of hydrogen-bond acceptors (Lipinski definition) is 6. The van der Waals surface area contributed by atoms with Crippen molar-refractivity contribution in [2.45, 2.75) is 0 Å². The highest BCUT2D eigenvalue weighted by molar-refractivity contribution is 7.20. The first-order valence-electron chi connectivity index (χ1n) is 7.99. The monoisotopic (exact) mass is 427 g/mol. The van der Waals surface area contributed by atoms with E-state index in [9.17, 15) is 0 Å². The third-order valence-corrected chi connectivity index (χ3v) is 5.69. The van der Waals surface area contributed by atoms with Crippen molar-refractivity contribution in [3.63, 3.8) is 0 Å². The number of H-pyrrole nitrogens is 1. The third kappa shape index (κ3) is 3.20. The quantitative estimate of drug-likeness (QED) is 0.416. The summed E-state index contributed by atoms with van der Waals surface area (Å²) in [5, 5.41) is 11.9. The van der Waals surface area contributed by atoms with Crippen LogP contribution in [-0.2, 0) is 0 Å². The van der Waals surface area contributed by atoms with Crippen LogP contribution in [0.2, 0.25) is 10.0 Å². The lowest BCUT2D eigenvalue weighted by molar-refractivity contribution is 1.10. The number of hydrogen-bond donors (Lipinski definition) is 2. The van der Waals surface area contributed by atoms with Gasteiger partial charge in [-0.1, -0.05) is 29.3 Å². The molecule has 0 fully saturated rings. The average molecular weight is 428 g/mol. The van der Waals surface area contributed by atoms with Crippen LogP contribution in [0.5, 0.6) is 0 Å². The van der Waals surface area contributed by atoms with E-state index >= 15 is 0 Å². The molecule has 0 saturated carbocycles.